The molecule has 38 heavy (non-hydrogen) atoms. The van der Waals surface area contributed by atoms with Gasteiger partial charge in [-0.1, -0.05) is 30.3 Å². The van der Waals surface area contributed by atoms with Crippen LogP contribution in [-0.4, -0.2) is 65.7 Å². The maximum absolute atomic E-state index is 13.0. The van der Waals surface area contributed by atoms with Gasteiger partial charge in [0.2, 0.25) is 11.8 Å². The van der Waals surface area contributed by atoms with E-state index < -0.39 is 5.91 Å². The Morgan fingerprint density at radius 1 is 0.737 bits per heavy atom. The summed E-state index contributed by atoms with van der Waals surface area (Å²) in [6, 6.07) is 20.9. The van der Waals surface area contributed by atoms with Gasteiger partial charge in [0.25, 0.3) is 5.91 Å². The van der Waals surface area contributed by atoms with Crippen molar-refractivity contribution in [2.24, 2.45) is 5.73 Å². The fourth-order valence-corrected chi connectivity index (χ4v) is 3.62. The van der Waals surface area contributed by atoms with Crippen molar-refractivity contribution in [1.29, 1.82) is 0 Å². The number of carbonyl (C=O) groups is 3. The van der Waals surface area contributed by atoms with Gasteiger partial charge >= 0.3 is 0 Å². The molecule has 3 rings (SSSR count). The minimum Gasteiger partial charge on any atom is -0.497 e. The molecule has 0 heterocycles. The number of methoxy groups -OCH3 is 2. The zero-order valence-corrected chi connectivity index (χ0v) is 21.9. The molecule has 200 valence electrons. The number of para-hydroxylation sites is 3. The van der Waals surface area contributed by atoms with Gasteiger partial charge in [-0.2, -0.15) is 0 Å². The molecule has 0 aliphatic carbocycles. The summed E-state index contributed by atoms with van der Waals surface area (Å²) in [6.45, 7) is -0.898. The second-order valence-electron chi connectivity index (χ2n) is 8.25. The SMILES string of the molecule is COc1cc(OC)cc(N(C)C(=O)COc2ccccc2N(CC(=O)N(C)c2ccccc2)C(=O)CN)c1. The number of hydrogen-bond acceptors (Lipinski definition) is 7. The van der Waals surface area contributed by atoms with Gasteiger partial charge in [0.05, 0.1) is 32.1 Å². The topological polar surface area (TPSA) is 115 Å². The molecule has 3 amide bonds. The summed E-state index contributed by atoms with van der Waals surface area (Å²) in [5.74, 6) is 0.178. The van der Waals surface area contributed by atoms with Gasteiger partial charge in [0.15, 0.2) is 6.61 Å². The monoisotopic (exact) mass is 520 g/mol. The zero-order chi connectivity index (χ0) is 27.7. The van der Waals surface area contributed by atoms with Gasteiger partial charge in [0.1, 0.15) is 23.8 Å². The van der Waals surface area contributed by atoms with Crippen molar-refractivity contribution >= 4 is 34.8 Å². The maximum Gasteiger partial charge on any atom is 0.264 e. The van der Waals surface area contributed by atoms with Gasteiger partial charge in [-0.05, 0) is 24.3 Å². The lowest BCUT2D eigenvalue weighted by Gasteiger charge is -2.27. The number of likely N-dealkylation sites (N-methyl/N-ethyl adjacent to an activating group) is 2. The Bertz CT molecular complexity index is 1240. The Labute approximate surface area is 222 Å². The second-order valence-corrected chi connectivity index (χ2v) is 8.25. The molecule has 0 unspecified atom stereocenters. The van der Waals surface area contributed by atoms with Crippen LogP contribution in [-0.2, 0) is 14.4 Å². The van der Waals surface area contributed by atoms with Gasteiger partial charge < -0.3 is 29.7 Å². The van der Waals surface area contributed by atoms with Crippen molar-refractivity contribution in [2.75, 3.05) is 62.7 Å². The fourth-order valence-electron chi connectivity index (χ4n) is 3.62. The molecule has 0 radical (unpaired) electrons. The Morgan fingerprint density at radius 3 is 1.92 bits per heavy atom. The number of ether oxygens (including phenoxy) is 3. The number of amides is 3. The van der Waals surface area contributed by atoms with E-state index >= 15 is 0 Å². The van der Waals surface area contributed by atoms with E-state index in [1.807, 2.05) is 18.2 Å². The first kappa shape index (κ1) is 28.0. The molecule has 2 N–H and O–H groups in total. The van der Waals surface area contributed by atoms with Crippen molar-refractivity contribution in [3.05, 3.63) is 72.8 Å². The standard InChI is InChI=1S/C28H32N4O6/c1-30(20-10-6-5-7-11-20)27(34)18-32(26(33)17-29)24-12-8-9-13-25(24)38-19-28(35)31(2)21-14-22(36-3)16-23(15-21)37-4/h5-16H,17-19,29H2,1-4H3. The third kappa shape index (κ3) is 6.80. The average Bonchev–Trinajstić information content (AvgIpc) is 2.97. The predicted molar refractivity (Wildman–Crippen MR) is 146 cm³/mol. The lowest BCUT2D eigenvalue weighted by molar-refractivity contribution is -0.121. The number of rotatable bonds is 11. The van der Waals surface area contributed by atoms with E-state index in [0.29, 0.717) is 28.6 Å². The molecule has 0 aliphatic heterocycles. The number of nitrogens with zero attached hydrogens (tertiary/aromatic N) is 3. The average molecular weight is 521 g/mol. The van der Waals surface area contributed by atoms with Gasteiger partial charge in [-0.3, -0.25) is 19.3 Å². The van der Waals surface area contributed by atoms with Crippen LogP contribution in [0.5, 0.6) is 17.2 Å². The molecule has 0 saturated heterocycles. The molecule has 0 atom stereocenters. The van der Waals surface area contributed by atoms with E-state index in [1.54, 1.807) is 68.7 Å². The smallest absolute Gasteiger partial charge is 0.264 e. The molecule has 10 heteroatoms. The molecule has 0 aromatic heterocycles. The van der Waals surface area contributed by atoms with E-state index in [2.05, 4.69) is 0 Å². The number of hydrogen-bond donors (Lipinski definition) is 1. The van der Waals surface area contributed by atoms with E-state index in [0.717, 1.165) is 0 Å². The Morgan fingerprint density at radius 2 is 1.32 bits per heavy atom. The van der Waals surface area contributed by atoms with E-state index in [9.17, 15) is 14.4 Å². The second kappa shape index (κ2) is 13.1. The van der Waals surface area contributed by atoms with Crippen molar-refractivity contribution < 1.29 is 28.6 Å². The Kier molecular flexibility index (Phi) is 9.66. The molecule has 0 fully saturated rings. The van der Waals surface area contributed by atoms with Crippen LogP contribution in [0.3, 0.4) is 0 Å². The number of benzene rings is 3. The van der Waals surface area contributed by atoms with Crippen LogP contribution in [0.2, 0.25) is 0 Å². The largest absolute Gasteiger partial charge is 0.497 e. The van der Waals surface area contributed by atoms with Crippen LogP contribution in [0.25, 0.3) is 0 Å². The predicted octanol–water partition coefficient (Wildman–Crippen LogP) is 2.70. The molecule has 0 spiro atoms. The summed E-state index contributed by atoms with van der Waals surface area (Å²) < 4.78 is 16.4. The summed E-state index contributed by atoms with van der Waals surface area (Å²) in [6.07, 6.45) is 0. The van der Waals surface area contributed by atoms with Crippen molar-refractivity contribution in [2.45, 2.75) is 0 Å². The molecule has 0 bridgehead atoms. The summed E-state index contributed by atoms with van der Waals surface area (Å²) in [5.41, 5.74) is 7.23. The molecule has 0 aliphatic rings. The van der Waals surface area contributed by atoms with Crippen LogP contribution < -0.4 is 34.6 Å². The highest BCUT2D eigenvalue weighted by molar-refractivity contribution is 6.04. The van der Waals surface area contributed by atoms with E-state index in [4.69, 9.17) is 19.9 Å². The summed E-state index contributed by atoms with van der Waals surface area (Å²) in [7, 11) is 6.29. The summed E-state index contributed by atoms with van der Waals surface area (Å²) >= 11 is 0. The molecule has 0 saturated carbocycles. The highest BCUT2D eigenvalue weighted by Crippen LogP contribution is 2.30. The Balaban J connectivity index is 1.78. The van der Waals surface area contributed by atoms with Crippen molar-refractivity contribution in [3.63, 3.8) is 0 Å². The van der Waals surface area contributed by atoms with E-state index in [-0.39, 0.29) is 37.3 Å². The van der Waals surface area contributed by atoms with E-state index in [1.165, 1.54) is 28.9 Å². The van der Waals surface area contributed by atoms with Crippen LogP contribution in [0, 0.1) is 0 Å². The Hall–Kier alpha value is -4.57. The van der Waals surface area contributed by atoms with Crippen molar-refractivity contribution in [1.82, 2.24) is 0 Å². The fraction of sp³-hybridized carbons (Fsp3) is 0.250. The molecule has 10 nitrogen and oxygen atoms in total. The van der Waals surface area contributed by atoms with Crippen LogP contribution in [0.4, 0.5) is 17.1 Å². The van der Waals surface area contributed by atoms with Gasteiger partial charge in [0, 0.05) is 38.0 Å². The molecular formula is C28H32N4O6. The van der Waals surface area contributed by atoms with Crippen LogP contribution in [0.1, 0.15) is 0 Å². The first-order chi connectivity index (χ1) is 18.3. The quantitative estimate of drug-likeness (QED) is 0.413. The normalized spacial score (nSPS) is 10.3. The summed E-state index contributed by atoms with van der Waals surface area (Å²) in [5, 5.41) is 0. The number of nitrogens with two attached hydrogens (primary N) is 1. The maximum atomic E-state index is 13.0. The first-order valence-corrected chi connectivity index (χ1v) is 11.8. The lowest BCUT2D eigenvalue weighted by Crippen LogP contribution is -2.44. The summed E-state index contributed by atoms with van der Waals surface area (Å²) in [4.78, 5) is 42.9. The minimum atomic E-state index is -0.470. The third-order valence-corrected chi connectivity index (χ3v) is 5.89. The lowest BCUT2D eigenvalue weighted by atomic mass is 10.2. The molecule has 3 aromatic carbocycles. The molecular weight excluding hydrogens is 488 g/mol. The number of anilines is 3. The molecule has 3 aromatic rings. The highest BCUT2D eigenvalue weighted by Gasteiger charge is 2.24. The third-order valence-electron chi connectivity index (χ3n) is 5.89. The minimum absolute atomic E-state index is 0.259. The van der Waals surface area contributed by atoms with Crippen LogP contribution in [0.15, 0.2) is 72.8 Å². The first-order valence-electron chi connectivity index (χ1n) is 11.8. The zero-order valence-electron chi connectivity index (χ0n) is 21.9. The van der Waals surface area contributed by atoms with Crippen LogP contribution >= 0.6 is 0 Å². The number of carbonyl (C=O) groups excluding carboxylic acids is 3. The van der Waals surface area contributed by atoms with Crippen molar-refractivity contribution in [3.8, 4) is 17.2 Å². The van der Waals surface area contributed by atoms with Gasteiger partial charge in [-0.15, -0.1) is 0 Å². The highest BCUT2D eigenvalue weighted by atomic mass is 16.5. The van der Waals surface area contributed by atoms with Gasteiger partial charge in [-0.25, -0.2) is 0 Å².